The van der Waals surface area contributed by atoms with Gasteiger partial charge >= 0.3 is 0 Å². The van der Waals surface area contributed by atoms with E-state index < -0.39 is 0 Å². The number of nitrogens with one attached hydrogen (secondary N) is 1. The van der Waals surface area contributed by atoms with Crippen molar-refractivity contribution in [2.75, 3.05) is 6.54 Å². The molecule has 120 valence electrons. The molecule has 1 fully saturated rings. The summed E-state index contributed by atoms with van der Waals surface area (Å²) in [5, 5.41) is 3.76. The molecule has 0 bridgehead atoms. The van der Waals surface area contributed by atoms with E-state index in [1.54, 1.807) is 0 Å². The second-order valence-corrected chi connectivity index (χ2v) is 8.55. The average Bonchev–Trinajstić information content (AvgIpc) is 2.37. The SMILES string of the molecule is CCC(CC)C1(CNC(C)C)CCC(C(C)(C)C)CC1. The molecule has 0 radical (unpaired) electrons. The molecule has 0 aliphatic heterocycles. The quantitative estimate of drug-likeness (QED) is 0.664. The standard InChI is InChI=1S/C19H39N/c1-8-16(9-2)19(14-20-15(3)4)12-10-17(11-13-19)18(5,6)7/h15-17,20H,8-14H2,1-7H3. The first-order chi connectivity index (χ1) is 9.25. The van der Waals surface area contributed by atoms with Gasteiger partial charge in [-0.2, -0.15) is 0 Å². The van der Waals surface area contributed by atoms with Crippen molar-refractivity contribution in [2.45, 2.75) is 93.0 Å². The maximum atomic E-state index is 3.76. The van der Waals surface area contributed by atoms with E-state index >= 15 is 0 Å². The zero-order valence-electron chi connectivity index (χ0n) is 15.2. The summed E-state index contributed by atoms with van der Waals surface area (Å²) in [6.07, 6.45) is 8.41. The molecule has 0 spiro atoms. The molecule has 0 aromatic carbocycles. The molecular formula is C19H39N. The Morgan fingerprint density at radius 1 is 1.05 bits per heavy atom. The predicted octanol–water partition coefficient (Wildman–Crippen LogP) is 5.64. The third-order valence-electron chi connectivity index (χ3n) is 5.92. The van der Waals surface area contributed by atoms with E-state index in [9.17, 15) is 0 Å². The first-order valence-electron chi connectivity index (χ1n) is 8.98. The van der Waals surface area contributed by atoms with Gasteiger partial charge in [0.25, 0.3) is 0 Å². The Morgan fingerprint density at radius 2 is 1.55 bits per heavy atom. The fraction of sp³-hybridized carbons (Fsp3) is 1.00. The molecule has 1 N–H and O–H groups in total. The largest absolute Gasteiger partial charge is 0.314 e. The van der Waals surface area contributed by atoms with Crippen molar-refractivity contribution < 1.29 is 0 Å². The lowest BCUT2D eigenvalue weighted by atomic mass is 9.58. The van der Waals surface area contributed by atoms with Crippen LogP contribution >= 0.6 is 0 Å². The maximum absolute atomic E-state index is 3.76. The molecule has 1 rings (SSSR count). The Bertz CT molecular complexity index is 262. The second-order valence-electron chi connectivity index (χ2n) is 8.55. The highest BCUT2D eigenvalue weighted by Gasteiger charge is 2.42. The van der Waals surface area contributed by atoms with E-state index in [0.717, 1.165) is 11.8 Å². The lowest BCUT2D eigenvalue weighted by Crippen LogP contribution is -2.46. The molecule has 1 aliphatic carbocycles. The van der Waals surface area contributed by atoms with Crippen molar-refractivity contribution in [3.05, 3.63) is 0 Å². The summed E-state index contributed by atoms with van der Waals surface area (Å²) in [4.78, 5) is 0. The molecule has 1 saturated carbocycles. The van der Waals surface area contributed by atoms with Crippen LogP contribution in [0, 0.1) is 22.7 Å². The highest BCUT2D eigenvalue weighted by molar-refractivity contribution is 4.94. The van der Waals surface area contributed by atoms with E-state index in [0.29, 0.717) is 16.9 Å². The van der Waals surface area contributed by atoms with E-state index in [2.05, 4.69) is 53.8 Å². The van der Waals surface area contributed by atoms with Crippen molar-refractivity contribution in [2.24, 2.45) is 22.7 Å². The van der Waals surface area contributed by atoms with Gasteiger partial charge < -0.3 is 5.32 Å². The molecule has 1 nitrogen and oxygen atoms in total. The Hall–Kier alpha value is -0.0400. The predicted molar refractivity (Wildman–Crippen MR) is 91.1 cm³/mol. The Balaban J connectivity index is 2.76. The summed E-state index contributed by atoms with van der Waals surface area (Å²) < 4.78 is 0. The van der Waals surface area contributed by atoms with Crippen LogP contribution in [-0.4, -0.2) is 12.6 Å². The second kappa shape index (κ2) is 7.29. The van der Waals surface area contributed by atoms with Gasteiger partial charge in [-0.25, -0.2) is 0 Å². The minimum Gasteiger partial charge on any atom is -0.314 e. The van der Waals surface area contributed by atoms with Crippen molar-refractivity contribution in [1.82, 2.24) is 5.32 Å². The van der Waals surface area contributed by atoms with Gasteiger partial charge in [0.1, 0.15) is 0 Å². The van der Waals surface area contributed by atoms with Gasteiger partial charge in [0.05, 0.1) is 0 Å². The van der Waals surface area contributed by atoms with Gasteiger partial charge in [-0.05, 0) is 48.3 Å². The molecule has 1 heteroatoms. The Kier molecular flexibility index (Phi) is 6.57. The highest BCUT2D eigenvalue weighted by atomic mass is 14.9. The summed E-state index contributed by atoms with van der Waals surface area (Å²) in [6, 6.07) is 0.613. The van der Waals surface area contributed by atoms with Gasteiger partial charge in [-0.3, -0.25) is 0 Å². The summed E-state index contributed by atoms with van der Waals surface area (Å²) in [7, 11) is 0. The first-order valence-corrected chi connectivity index (χ1v) is 8.98. The molecule has 1 aliphatic rings. The Morgan fingerprint density at radius 3 is 1.90 bits per heavy atom. The monoisotopic (exact) mass is 281 g/mol. The topological polar surface area (TPSA) is 12.0 Å². The molecule has 20 heavy (non-hydrogen) atoms. The summed E-state index contributed by atoms with van der Waals surface area (Å²) >= 11 is 0. The van der Waals surface area contributed by atoms with Crippen LogP contribution < -0.4 is 5.32 Å². The van der Waals surface area contributed by atoms with Crippen LogP contribution in [0.5, 0.6) is 0 Å². The summed E-state index contributed by atoms with van der Waals surface area (Å²) in [5.74, 6) is 1.82. The highest BCUT2D eigenvalue weighted by Crippen LogP contribution is 2.50. The zero-order valence-corrected chi connectivity index (χ0v) is 15.2. The minimum absolute atomic E-state index is 0.492. The molecule has 0 unspecified atom stereocenters. The van der Waals surface area contributed by atoms with Crippen LogP contribution in [-0.2, 0) is 0 Å². The van der Waals surface area contributed by atoms with Crippen LogP contribution in [0.25, 0.3) is 0 Å². The molecule has 0 aromatic heterocycles. The maximum Gasteiger partial charge on any atom is 0.00128 e. The Labute approximate surface area is 128 Å². The van der Waals surface area contributed by atoms with Crippen LogP contribution in [0.3, 0.4) is 0 Å². The van der Waals surface area contributed by atoms with Crippen LogP contribution in [0.4, 0.5) is 0 Å². The molecule has 0 heterocycles. The fourth-order valence-electron chi connectivity index (χ4n) is 4.35. The third kappa shape index (κ3) is 4.48. The van der Waals surface area contributed by atoms with E-state index in [4.69, 9.17) is 0 Å². The van der Waals surface area contributed by atoms with Crippen molar-refractivity contribution in [3.8, 4) is 0 Å². The van der Waals surface area contributed by atoms with Crippen molar-refractivity contribution in [1.29, 1.82) is 0 Å². The van der Waals surface area contributed by atoms with Gasteiger partial charge in [0.2, 0.25) is 0 Å². The van der Waals surface area contributed by atoms with Crippen molar-refractivity contribution >= 4 is 0 Å². The number of hydrogen-bond acceptors (Lipinski definition) is 1. The first kappa shape index (κ1) is 18.0. The van der Waals surface area contributed by atoms with E-state index in [1.807, 2.05) is 0 Å². The lowest BCUT2D eigenvalue weighted by Gasteiger charge is -2.48. The van der Waals surface area contributed by atoms with Gasteiger partial charge in [-0.1, -0.05) is 61.3 Å². The third-order valence-corrected chi connectivity index (χ3v) is 5.92. The smallest absolute Gasteiger partial charge is 0.00128 e. The molecule has 0 amide bonds. The molecule has 0 atom stereocenters. The average molecular weight is 282 g/mol. The molecule has 0 aromatic rings. The van der Waals surface area contributed by atoms with Gasteiger partial charge in [0, 0.05) is 12.6 Å². The molecule has 0 saturated heterocycles. The van der Waals surface area contributed by atoms with Crippen molar-refractivity contribution in [3.63, 3.8) is 0 Å². The van der Waals surface area contributed by atoms with E-state index in [1.165, 1.54) is 45.1 Å². The van der Waals surface area contributed by atoms with Gasteiger partial charge in [0.15, 0.2) is 0 Å². The van der Waals surface area contributed by atoms with Crippen LogP contribution in [0.15, 0.2) is 0 Å². The van der Waals surface area contributed by atoms with Crippen LogP contribution in [0.2, 0.25) is 0 Å². The van der Waals surface area contributed by atoms with E-state index in [-0.39, 0.29) is 0 Å². The molecular weight excluding hydrogens is 242 g/mol. The number of rotatable bonds is 6. The normalized spacial score (nSPS) is 28.4. The zero-order chi connectivity index (χ0) is 15.4. The van der Waals surface area contributed by atoms with Gasteiger partial charge in [-0.15, -0.1) is 0 Å². The lowest BCUT2D eigenvalue weighted by molar-refractivity contribution is 0.0334. The summed E-state index contributed by atoms with van der Waals surface area (Å²) in [5.41, 5.74) is 1.06. The minimum atomic E-state index is 0.492. The van der Waals surface area contributed by atoms with Crippen LogP contribution in [0.1, 0.15) is 87.0 Å². The number of hydrogen-bond donors (Lipinski definition) is 1. The summed E-state index contributed by atoms with van der Waals surface area (Å²) in [6.45, 7) is 17.8. The fourth-order valence-corrected chi connectivity index (χ4v) is 4.35.